The van der Waals surface area contributed by atoms with Gasteiger partial charge in [0.25, 0.3) is 0 Å². The van der Waals surface area contributed by atoms with E-state index in [1.54, 1.807) is 36.9 Å². The molecule has 8 heteroatoms. The molecule has 2 heterocycles. The van der Waals surface area contributed by atoms with Crippen LogP contribution < -0.4 is 10.6 Å². The van der Waals surface area contributed by atoms with E-state index in [0.717, 1.165) is 48.6 Å². The number of aromatic nitrogens is 2. The van der Waals surface area contributed by atoms with Gasteiger partial charge in [0, 0.05) is 24.2 Å². The average Bonchev–Trinajstić information content (AvgIpc) is 3.09. The number of fused-ring (bicyclic) bond motifs is 3. The molecule has 0 radical (unpaired) electrons. The maximum Gasteiger partial charge on any atom is 0.142 e. The number of halogens is 2. The molecule has 0 fully saturated rings. The first-order valence-corrected chi connectivity index (χ1v) is 11.0. The summed E-state index contributed by atoms with van der Waals surface area (Å²) in [6.07, 6.45) is 6.03. The Hall–Kier alpha value is -1.80. The molecule has 1 aliphatic carbocycles. The van der Waals surface area contributed by atoms with Crippen molar-refractivity contribution in [1.82, 2.24) is 15.3 Å². The van der Waals surface area contributed by atoms with Gasteiger partial charge in [-0.25, -0.2) is 14.4 Å². The highest BCUT2D eigenvalue weighted by Gasteiger charge is 2.25. The molecule has 1 atom stereocenters. The number of nitrogens with one attached hydrogen (secondary N) is 2. The van der Waals surface area contributed by atoms with Crippen molar-refractivity contribution in [3.05, 3.63) is 45.8 Å². The van der Waals surface area contributed by atoms with Crippen LogP contribution in [0.5, 0.6) is 0 Å². The second kappa shape index (κ2) is 9.34. The van der Waals surface area contributed by atoms with E-state index in [2.05, 4.69) is 20.6 Å². The Morgan fingerprint density at radius 2 is 2.21 bits per heavy atom. The van der Waals surface area contributed by atoms with E-state index in [1.807, 2.05) is 0 Å². The van der Waals surface area contributed by atoms with Crippen molar-refractivity contribution in [2.24, 2.45) is 5.92 Å². The second-order valence-electron chi connectivity index (χ2n) is 7.30. The summed E-state index contributed by atoms with van der Waals surface area (Å²) in [6.45, 7) is 2.67. The number of thiophene rings is 1. The molecule has 1 aromatic carbocycles. The summed E-state index contributed by atoms with van der Waals surface area (Å²) in [5.74, 6) is 1.02. The Bertz CT molecular complexity index is 996. The zero-order valence-electron chi connectivity index (χ0n) is 16.3. The van der Waals surface area contributed by atoms with E-state index >= 15 is 0 Å². The van der Waals surface area contributed by atoms with Gasteiger partial charge in [-0.1, -0.05) is 11.6 Å². The fourth-order valence-corrected chi connectivity index (χ4v) is 5.32. The maximum absolute atomic E-state index is 13.5. The molecule has 0 aliphatic heterocycles. The van der Waals surface area contributed by atoms with Crippen LogP contribution in [0.2, 0.25) is 5.02 Å². The van der Waals surface area contributed by atoms with Crippen LogP contribution in [-0.4, -0.2) is 36.8 Å². The molecule has 0 saturated carbocycles. The molecule has 5 nitrogen and oxygen atoms in total. The van der Waals surface area contributed by atoms with E-state index in [1.165, 1.54) is 29.3 Å². The zero-order valence-corrected chi connectivity index (χ0v) is 17.9. The first-order valence-electron chi connectivity index (χ1n) is 9.82. The first-order chi connectivity index (χ1) is 14.2. The summed E-state index contributed by atoms with van der Waals surface area (Å²) in [5.41, 5.74) is 2.07. The summed E-state index contributed by atoms with van der Waals surface area (Å²) < 4.78 is 18.5. The molecule has 2 N–H and O–H groups in total. The van der Waals surface area contributed by atoms with E-state index in [-0.39, 0.29) is 5.02 Å². The highest BCUT2D eigenvalue weighted by Crippen LogP contribution is 2.41. The van der Waals surface area contributed by atoms with Crippen LogP contribution in [0, 0.1) is 11.7 Å². The van der Waals surface area contributed by atoms with Crippen LogP contribution in [0.1, 0.15) is 23.3 Å². The Morgan fingerprint density at radius 1 is 1.31 bits per heavy atom. The predicted molar refractivity (Wildman–Crippen MR) is 117 cm³/mol. The van der Waals surface area contributed by atoms with Gasteiger partial charge >= 0.3 is 0 Å². The number of nitrogens with zero attached hydrogens (tertiary/aromatic N) is 2. The van der Waals surface area contributed by atoms with Crippen molar-refractivity contribution in [2.75, 3.05) is 32.1 Å². The van der Waals surface area contributed by atoms with E-state index in [0.29, 0.717) is 11.6 Å². The Morgan fingerprint density at radius 3 is 3.03 bits per heavy atom. The molecular weight excluding hydrogens is 411 g/mol. The normalized spacial score (nSPS) is 16.2. The third-order valence-corrected chi connectivity index (χ3v) is 6.79. The molecule has 4 rings (SSSR count). The van der Waals surface area contributed by atoms with Gasteiger partial charge in [-0.3, -0.25) is 0 Å². The summed E-state index contributed by atoms with van der Waals surface area (Å²) >= 11 is 7.68. The molecule has 0 bridgehead atoms. The van der Waals surface area contributed by atoms with Gasteiger partial charge in [0.1, 0.15) is 22.8 Å². The van der Waals surface area contributed by atoms with Crippen molar-refractivity contribution in [2.45, 2.75) is 25.7 Å². The largest absolute Gasteiger partial charge is 0.383 e. The molecule has 1 aliphatic rings. The highest BCUT2D eigenvalue weighted by molar-refractivity contribution is 7.19. The highest BCUT2D eigenvalue weighted by atomic mass is 35.5. The van der Waals surface area contributed by atoms with Crippen LogP contribution in [-0.2, 0) is 17.6 Å². The van der Waals surface area contributed by atoms with Crippen LogP contribution in [0.4, 0.5) is 15.9 Å². The molecule has 0 spiro atoms. The van der Waals surface area contributed by atoms with Crippen molar-refractivity contribution < 1.29 is 9.13 Å². The lowest BCUT2D eigenvalue weighted by Gasteiger charge is -2.22. The molecule has 0 amide bonds. The second-order valence-corrected chi connectivity index (χ2v) is 8.79. The van der Waals surface area contributed by atoms with Crippen molar-refractivity contribution >= 4 is 44.7 Å². The third-order valence-electron chi connectivity index (χ3n) is 5.34. The van der Waals surface area contributed by atoms with Gasteiger partial charge in [-0.15, -0.1) is 11.3 Å². The van der Waals surface area contributed by atoms with Gasteiger partial charge in [-0.2, -0.15) is 0 Å². The summed E-state index contributed by atoms with van der Waals surface area (Å²) in [6, 6.07) is 4.61. The SMILES string of the molecule is COCCNCCC1CCc2c(sc3ncnc(Nc4ccc(F)c(Cl)c4)c23)C1. The van der Waals surface area contributed by atoms with E-state index < -0.39 is 5.82 Å². The Labute approximate surface area is 178 Å². The van der Waals surface area contributed by atoms with Gasteiger partial charge in [-0.05, 0) is 61.9 Å². The summed E-state index contributed by atoms with van der Waals surface area (Å²) in [5, 5.41) is 7.92. The standard InChI is InChI=1S/C21H24ClFN4OS/c1-28-9-8-24-7-6-13-2-4-15-18(10-13)29-21-19(15)20(25-12-26-21)27-14-3-5-17(23)16(22)11-14/h3,5,11-13,24H,2,4,6-10H2,1H3,(H,25,26,27). The van der Waals surface area contributed by atoms with Gasteiger partial charge in [0.05, 0.1) is 17.0 Å². The fraction of sp³-hybridized carbons (Fsp3) is 0.429. The molecule has 2 aromatic heterocycles. The number of rotatable bonds is 8. The minimum Gasteiger partial charge on any atom is -0.383 e. The lowest BCUT2D eigenvalue weighted by Crippen LogP contribution is -2.24. The quantitative estimate of drug-likeness (QED) is 0.491. The zero-order chi connectivity index (χ0) is 20.2. The minimum absolute atomic E-state index is 0.0922. The van der Waals surface area contributed by atoms with Gasteiger partial charge in [0.15, 0.2) is 0 Å². The third kappa shape index (κ3) is 4.69. The Balaban J connectivity index is 1.51. The number of aryl methyl sites for hydroxylation is 1. The molecular formula is C21H24ClFN4OS. The smallest absolute Gasteiger partial charge is 0.142 e. The number of anilines is 2. The molecule has 1 unspecified atom stereocenters. The van der Waals surface area contributed by atoms with Gasteiger partial charge in [0.2, 0.25) is 0 Å². The predicted octanol–water partition coefficient (Wildman–Crippen LogP) is 4.96. The van der Waals surface area contributed by atoms with E-state index in [4.69, 9.17) is 16.3 Å². The van der Waals surface area contributed by atoms with Crippen LogP contribution in [0.25, 0.3) is 10.2 Å². The van der Waals surface area contributed by atoms with E-state index in [9.17, 15) is 4.39 Å². The lowest BCUT2D eigenvalue weighted by atomic mass is 9.86. The topological polar surface area (TPSA) is 59.1 Å². The monoisotopic (exact) mass is 434 g/mol. The van der Waals surface area contributed by atoms with Crippen LogP contribution in [0.15, 0.2) is 24.5 Å². The number of hydrogen-bond acceptors (Lipinski definition) is 6. The average molecular weight is 435 g/mol. The number of methoxy groups -OCH3 is 1. The maximum atomic E-state index is 13.5. The van der Waals surface area contributed by atoms with Crippen LogP contribution in [0.3, 0.4) is 0 Å². The summed E-state index contributed by atoms with van der Waals surface area (Å²) in [4.78, 5) is 11.4. The molecule has 154 valence electrons. The minimum atomic E-state index is -0.430. The van der Waals surface area contributed by atoms with Crippen LogP contribution >= 0.6 is 22.9 Å². The molecule has 3 aromatic rings. The Kier molecular flexibility index (Phi) is 6.60. The molecule has 29 heavy (non-hydrogen) atoms. The number of benzene rings is 1. The fourth-order valence-electron chi connectivity index (χ4n) is 3.84. The number of hydrogen-bond donors (Lipinski definition) is 2. The van der Waals surface area contributed by atoms with Crippen molar-refractivity contribution in [3.63, 3.8) is 0 Å². The first kappa shape index (κ1) is 20.5. The van der Waals surface area contributed by atoms with Gasteiger partial charge < -0.3 is 15.4 Å². The lowest BCUT2D eigenvalue weighted by molar-refractivity contribution is 0.198. The number of ether oxygens (including phenoxy) is 1. The summed E-state index contributed by atoms with van der Waals surface area (Å²) in [7, 11) is 1.72. The van der Waals surface area contributed by atoms with Crippen molar-refractivity contribution in [3.8, 4) is 0 Å². The molecule has 0 saturated heterocycles. The van der Waals surface area contributed by atoms with Crippen molar-refractivity contribution in [1.29, 1.82) is 0 Å².